The minimum Gasteiger partial charge on any atom is -0.396 e. The fraction of sp³-hybridized carbons (Fsp3) is 0.889. The lowest BCUT2D eigenvalue weighted by molar-refractivity contribution is -0.120. The zero-order valence-electron chi connectivity index (χ0n) is 8.38. The Hall–Kier alpha value is -0.220. The molecule has 0 spiro atoms. The third-order valence-electron chi connectivity index (χ3n) is 1.80. The highest BCUT2D eigenvalue weighted by atomic mass is 32.2. The fourth-order valence-electron chi connectivity index (χ4n) is 0.894. The fourth-order valence-corrected chi connectivity index (χ4v) is 1.28. The van der Waals surface area contributed by atoms with Crippen LogP contribution >= 0.6 is 11.8 Å². The molecule has 3 nitrogen and oxygen atoms in total. The molecule has 1 unspecified atom stereocenters. The van der Waals surface area contributed by atoms with Crippen molar-refractivity contribution in [2.45, 2.75) is 19.8 Å². The molecule has 0 bridgehead atoms. The van der Waals surface area contributed by atoms with Crippen LogP contribution in [0.2, 0.25) is 0 Å². The molecule has 0 aromatic heterocycles. The number of carbonyl (C=O) groups is 1. The van der Waals surface area contributed by atoms with Gasteiger partial charge in [-0.2, -0.15) is 11.8 Å². The summed E-state index contributed by atoms with van der Waals surface area (Å²) in [6, 6.07) is 0. The van der Waals surface area contributed by atoms with E-state index >= 15 is 0 Å². The van der Waals surface area contributed by atoms with Crippen LogP contribution in [-0.2, 0) is 4.79 Å². The van der Waals surface area contributed by atoms with E-state index in [0.717, 1.165) is 12.2 Å². The number of aliphatic hydroxyl groups is 1. The van der Waals surface area contributed by atoms with Gasteiger partial charge >= 0.3 is 0 Å². The Morgan fingerprint density at radius 3 is 2.85 bits per heavy atom. The molecule has 0 aliphatic rings. The number of rotatable bonds is 7. The van der Waals surface area contributed by atoms with Crippen LogP contribution in [0.25, 0.3) is 0 Å². The number of aliphatic hydroxyl groups excluding tert-OH is 1. The maximum Gasteiger partial charge on any atom is 0.220 e. The summed E-state index contributed by atoms with van der Waals surface area (Å²) >= 11 is 1.67. The topological polar surface area (TPSA) is 49.3 Å². The van der Waals surface area contributed by atoms with Gasteiger partial charge in [0.05, 0.1) is 0 Å². The van der Waals surface area contributed by atoms with Crippen molar-refractivity contribution in [3.8, 4) is 0 Å². The van der Waals surface area contributed by atoms with Gasteiger partial charge in [-0.1, -0.05) is 6.92 Å². The molecule has 0 aliphatic carbocycles. The van der Waals surface area contributed by atoms with E-state index in [1.807, 2.05) is 13.2 Å². The van der Waals surface area contributed by atoms with E-state index in [9.17, 15) is 4.79 Å². The lowest BCUT2D eigenvalue weighted by atomic mass is 10.1. The van der Waals surface area contributed by atoms with Crippen molar-refractivity contribution < 1.29 is 9.90 Å². The molecule has 1 amide bonds. The van der Waals surface area contributed by atoms with Crippen LogP contribution in [0, 0.1) is 5.92 Å². The molecule has 13 heavy (non-hydrogen) atoms. The minimum absolute atomic E-state index is 0.110. The molecule has 0 radical (unpaired) electrons. The van der Waals surface area contributed by atoms with Gasteiger partial charge in [-0.25, -0.2) is 0 Å². The second-order valence-corrected chi connectivity index (χ2v) is 4.15. The number of carbonyl (C=O) groups excluding carboxylic acids is 1. The molecule has 0 heterocycles. The zero-order chi connectivity index (χ0) is 10.1. The Morgan fingerprint density at radius 2 is 2.31 bits per heavy atom. The number of hydrogen-bond acceptors (Lipinski definition) is 3. The number of amides is 1. The normalized spacial score (nSPS) is 12.5. The van der Waals surface area contributed by atoms with Crippen LogP contribution in [0.3, 0.4) is 0 Å². The average Bonchev–Trinajstić information content (AvgIpc) is 2.12. The maximum absolute atomic E-state index is 11.1. The molecular weight excluding hydrogens is 186 g/mol. The predicted octanol–water partition coefficient (Wildman–Crippen LogP) is 0.874. The molecule has 78 valence electrons. The van der Waals surface area contributed by atoms with E-state index in [4.69, 9.17) is 5.11 Å². The second kappa shape index (κ2) is 8.38. The maximum atomic E-state index is 11.1. The smallest absolute Gasteiger partial charge is 0.220 e. The summed E-state index contributed by atoms with van der Waals surface area (Å²) in [4.78, 5) is 11.1. The molecule has 0 fully saturated rings. The standard InChI is InChI=1S/C9H19NO2S/c1-8(3-5-11)7-10-9(12)4-6-13-2/h8,11H,3-7H2,1-2H3,(H,10,12). The van der Waals surface area contributed by atoms with Crippen molar-refractivity contribution in [3.05, 3.63) is 0 Å². The summed E-state index contributed by atoms with van der Waals surface area (Å²) in [5.74, 6) is 1.35. The Kier molecular flexibility index (Phi) is 8.24. The summed E-state index contributed by atoms with van der Waals surface area (Å²) in [6.45, 7) is 2.89. The molecule has 0 aliphatic heterocycles. The van der Waals surface area contributed by atoms with Gasteiger partial charge < -0.3 is 10.4 Å². The number of nitrogens with one attached hydrogen (secondary N) is 1. The molecule has 1 atom stereocenters. The molecule has 0 saturated heterocycles. The molecule has 0 saturated carbocycles. The summed E-state index contributed by atoms with van der Waals surface area (Å²) in [5.41, 5.74) is 0. The number of hydrogen-bond donors (Lipinski definition) is 2. The summed E-state index contributed by atoms with van der Waals surface area (Å²) in [7, 11) is 0. The Balaban J connectivity index is 3.34. The van der Waals surface area contributed by atoms with E-state index in [1.54, 1.807) is 11.8 Å². The van der Waals surface area contributed by atoms with Gasteiger partial charge in [0.1, 0.15) is 0 Å². The van der Waals surface area contributed by atoms with Crippen LogP contribution < -0.4 is 5.32 Å². The van der Waals surface area contributed by atoms with Crippen molar-refractivity contribution in [3.63, 3.8) is 0 Å². The van der Waals surface area contributed by atoms with Crippen LogP contribution in [0.15, 0.2) is 0 Å². The molecule has 0 aromatic carbocycles. The van der Waals surface area contributed by atoms with Gasteiger partial charge in [0.25, 0.3) is 0 Å². The van der Waals surface area contributed by atoms with Crippen molar-refractivity contribution >= 4 is 17.7 Å². The SMILES string of the molecule is CSCCC(=O)NCC(C)CCO. The van der Waals surface area contributed by atoms with Crippen molar-refractivity contribution in [2.24, 2.45) is 5.92 Å². The Morgan fingerprint density at radius 1 is 1.62 bits per heavy atom. The first kappa shape index (κ1) is 12.8. The third kappa shape index (κ3) is 8.12. The quantitative estimate of drug-likeness (QED) is 0.648. The Bertz CT molecular complexity index is 142. The highest BCUT2D eigenvalue weighted by Gasteiger charge is 2.04. The van der Waals surface area contributed by atoms with E-state index in [0.29, 0.717) is 18.9 Å². The first-order valence-electron chi connectivity index (χ1n) is 4.57. The van der Waals surface area contributed by atoms with E-state index in [-0.39, 0.29) is 12.5 Å². The highest BCUT2D eigenvalue weighted by molar-refractivity contribution is 7.98. The van der Waals surface area contributed by atoms with Crippen LogP contribution in [0.4, 0.5) is 0 Å². The van der Waals surface area contributed by atoms with Crippen LogP contribution in [0.5, 0.6) is 0 Å². The van der Waals surface area contributed by atoms with Gasteiger partial charge in [0.2, 0.25) is 5.91 Å². The van der Waals surface area contributed by atoms with Crippen LogP contribution in [0.1, 0.15) is 19.8 Å². The zero-order valence-corrected chi connectivity index (χ0v) is 9.19. The van der Waals surface area contributed by atoms with Gasteiger partial charge in [0.15, 0.2) is 0 Å². The van der Waals surface area contributed by atoms with E-state index in [1.165, 1.54) is 0 Å². The highest BCUT2D eigenvalue weighted by Crippen LogP contribution is 1.99. The molecular formula is C9H19NO2S. The lowest BCUT2D eigenvalue weighted by Crippen LogP contribution is -2.28. The first-order valence-corrected chi connectivity index (χ1v) is 5.96. The summed E-state index contributed by atoms with van der Waals surface area (Å²) in [6.07, 6.45) is 3.33. The average molecular weight is 205 g/mol. The summed E-state index contributed by atoms with van der Waals surface area (Å²) in [5, 5.41) is 11.5. The lowest BCUT2D eigenvalue weighted by Gasteiger charge is -2.10. The molecule has 2 N–H and O–H groups in total. The monoisotopic (exact) mass is 205 g/mol. The molecule has 0 rings (SSSR count). The van der Waals surface area contributed by atoms with Gasteiger partial charge in [-0.15, -0.1) is 0 Å². The third-order valence-corrected chi connectivity index (χ3v) is 2.42. The predicted molar refractivity (Wildman–Crippen MR) is 56.9 cm³/mol. The largest absolute Gasteiger partial charge is 0.396 e. The number of thioether (sulfide) groups is 1. The minimum atomic E-state index is 0.110. The van der Waals surface area contributed by atoms with Crippen molar-refractivity contribution in [2.75, 3.05) is 25.2 Å². The van der Waals surface area contributed by atoms with E-state index < -0.39 is 0 Å². The molecule has 0 aromatic rings. The summed E-state index contributed by atoms with van der Waals surface area (Å²) < 4.78 is 0. The van der Waals surface area contributed by atoms with Gasteiger partial charge in [-0.3, -0.25) is 4.79 Å². The van der Waals surface area contributed by atoms with Crippen molar-refractivity contribution in [1.82, 2.24) is 5.32 Å². The Labute approximate surface area is 84.3 Å². The van der Waals surface area contributed by atoms with Gasteiger partial charge in [0, 0.05) is 25.3 Å². The molecule has 4 heteroatoms. The van der Waals surface area contributed by atoms with Crippen molar-refractivity contribution in [1.29, 1.82) is 0 Å². The second-order valence-electron chi connectivity index (χ2n) is 3.16. The first-order chi connectivity index (χ1) is 6.20. The van der Waals surface area contributed by atoms with Crippen LogP contribution in [-0.4, -0.2) is 36.2 Å². The van der Waals surface area contributed by atoms with Gasteiger partial charge in [-0.05, 0) is 18.6 Å². The van der Waals surface area contributed by atoms with E-state index in [2.05, 4.69) is 5.32 Å².